The molecule has 0 aromatic heterocycles. The summed E-state index contributed by atoms with van der Waals surface area (Å²) in [6.45, 7) is 0.350. The van der Waals surface area contributed by atoms with E-state index in [1.165, 1.54) is 25.7 Å². The standard InChI is InChI=1S/C18H25BrN2O3/c19-14-6-2-4-8-17(14)24-11-13(22)10-20-18(23)16-9-12-5-1-3-7-15(12)21-16/h2,4,6,8,12-13,15-16,21-22H,1,3,5,7,9-11H2,(H,20,23). The van der Waals surface area contributed by atoms with Gasteiger partial charge in [-0.3, -0.25) is 4.79 Å². The Morgan fingerprint density at radius 3 is 2.96 bits per heavy atom. The number of aliphatic hydroxyl groups excluding tert-OH is 1. The molecule has 0 radical (unpaired) electrons. The Morgan fingerprint density at radius 2 is 2.17 bits per heavy atom. The van der Waals surface area contributed by atoms with E-state index in [0.717, 1.165) is 10.9 Å². The van der Waals surface area contributed by atoms with Crippen molar-refractivity contribution in [2.75, 3.05) is 13.2 Å². The van der Waals surface area contributed by atoms with Gasteiger partial charge in [-0.05, 0) is 53.2 Å². The van der Waals surface area contributed by atoms with Crippen molar-refractivity contribution in [1.82, 2.24) is 10.6 Å². The number of para-hydroxylation sites is 1. The van der Waals surface area contributed by atoms with E-state index in [9.17, 15) is 9.90 Å². The molecule has 3 N–H and O–H groups in total. The molecule has 1 aliphatic carbocycles. The van der Waals surface area contributed by atoms with Gasteiger partial charge in [-0.1, -0.05) is 25.0 Å². The Kier molecular flexibility index (Phi) is 6.14. The Hall–Kier alpha value is -1.11. The molecule has 132 valence electrons. The lowest BCUT2D eigenvalue weighted by Crippen LogP contribution is -2.45. The summed E-state index contributed by atoms with van der Waals surface area (Å²) in [4.78, 5) is 12.3. The number of ether oxygens (including phenoxy) is 1. The lowest BCUT2D eigenvalue weighted by molar-refractivity contribution is -0.123. The Morgan fingerprint density at radius 1 is 1.38 bits per heavy atom. The highest BCUT2D eigenvalue weighted by molar-refractivity contribution is 9.10. The third-order valence-electron chi connectivity index (χ3n) is 4.96. The monoisotopic (exact) mass is 396 g/mol. The van der Waals surface area contributed by atoms with Crippen LogP contribution < -0.4 is 15.4 Å². The molecule has 0 spiro atoms. The molecule has 1 saturated carbocycles. The smallest absolute Gasteiger partial charge is 0.237 e. The van der Waals surface area contributed by atoms with E-state index in [4.69, 9.17) is 4.74 Å². The number of benzene rings is 1. The number of aliphatic hydroxyl groups is 1. The van der Waals surface area contributed by atoms with Crippen LogP contribution in [0.1, 0.15) is 32.1 Å². The second-order valence-corrected chi connectivity index (χ2v) is 7.60. The number of fused-ring (bicyclic) bond motifs is 1. The number of amides is 1. The van der Waals surface area contributed by atoms with Crippen LogP contribution in [0.25, 0.3) is 0 Å². The highest BCUT2D eigenvalue weighted by atomic mass is 79.9. The van der Waals surface area contributed by atoms with Gasteiger partial charge in [0.2, 0.25) is 5.91 Å². The first kappa shape index (κ1) is 17.7. The van der Waals surface area contributed by atoms with Gasteiger partial charge in [0.25, 0.3) is 0 Å². The van der Waals surface area contributed by atoms with Gasteiger partial charge in [-0.15, -0.1) is 0 Å². The van der Waals surface area contributed by atoms with Crippen molar-refractivity contribution >= 4 is 21.8 Å². The second-order valence-electron chi connectivity index (χ2n) is 6.75. The summed E-state index contributed by atoms with van der Waals surface area (Å²) in [5.41, 5.74) is 0. The summed E-state index contributed by atoms with van der Waals surface area (Å²) in [6.07, 6.45) is 5.13. The van der Waals surface area contributed by atoms with Crippen LogP contribution >= 0.6 is 15.9 Å². The van der Waals surface area contributed by atoms with Gasteiger partial charge >= 0.3 is 0 Å². The predicted molar refractivity (Wildman–Crippen MR) is 95.9 cm³/mol. The minimum Gasteiger partial charge on any atom is -0.490 e. The first-order valence-electron chi connectivity index (χ1n) is 8.72. The van der Waals surface area contributed by atoms with Crippen LogP contribution in [0.5, 0.6) is 5.75 Å². The molecule has 1 aromatic rings. The molecule has 1 heterocycles. The molecule has 1 aliphatic heterocycles. The number of hydrogen-bond donors (Lipinski definition) is 3. The highest BCUT2D eigenvalue weighted by Crippen LogP contribution is 2.33. The van der Waals surface area contributed by atoms with Gasteiger partial charge in [0.15, 0.2) is 0 Å². The lowest BCUT2D eigenvalue weighted by atomic mass is 9.85. The van der Waals surface area contributed by atoms with Crippen molar-refractivity contribution in [1.29, 1.82) is 0 Å². The van der Waals surface area contributed by atoms with Crippen molar-refractivity contribution in [3.05, 3.63) is 28.7 Å². The van der Waals surface area contributed by atoms with E-state index in [2.05, 4.69) is 26.6 Å². The molecule has 1 saturated heterocycles. The molecular weight excluding hydrogens is 372 g/mol. The van der Waals surface area contributed by atoms with Crippen molar-refractivity contribution in [2.24, 2.45) is 5.92 Å². The van der Waals surface area contributed by atoms with Gasteiger partial charge < -0.3 is 20.5 Å². The molecule has 24 heavy (non-hydrogen) atoms. The molecule has 5 nitrogen and oxygen atoms in total. The number of nitrogens with one attached hydrogen (secondary N) is 2. The van der Waals surface area contributed by atoms with E-state index in [1.54, 1.807) is 0 Å². The number of hydrogen-bond acceptors (Lipinski definition) is 4. The van der Waals surface area contributed by atoms with Gasteiger partial charge in [0.05, 0.1) is 10.5 Å². The first-order valence-corrected chi connectivity index (χ1v) is 9.52. The minimum absolute atomic E-state index is 0.00987. The average Bonchev–Trinajstić information content (AvgIpc) is 3.03. The van der Waals surface area contributed by atoms with Crippen molar-refractivity contribution in [3.63, 3.8) is 0 Å². The van der Waals surface area contributed by atoms with Crippen LogP contribution in [-0.2, 0) is 4.79 Å². The Labute approximate surface area is 151 Å². The third-order valence-corrected chi connectivity index (χ3v) is 5.61. The van der Waals surface area contributed by atoms with Gasteiger partial charge in [0.1, 0.15) is 18.5 Å². The summed E-state index contributed by atoms with van der Waals surface area (Å²) in [6, 6.07) is 7.88. The zero-order valence-electron chi connectivity index (χ0n) is 13.7. The van der Waals surface area contributed by atoms with Crippen molar-refractivity contribution in [2.45, 2.75) is 50.3 Å². The van der Waals surface area contributed by atoms with Crippen molar-refractivity contribution < 1.29 is 14.6 Å². The van der Waals surface area contributed by atoms with E-state index >= 15 is 0 Å². The van der Waals surface area contributed by atoms with Gasteiger partial charge in [-0.2, -0.15) is 0 Å². The summed E-state index contributed by atoms with van der Waals surface area (Å²) in [5, 5.41) is 16.3. The molecule has 2 aliphatic rings. The van der Waals surface area contributed by atoms with E-state index in [-0.39, 0.29) is 25.1 Å². The zero-order chi connectivity index (χ0) is 16.9. The largest absolute Gasteiger partial charge is 0.490 e. The fraction of sp³-hybridized carbons (Fsp3) is 0.611. The maximum Gasteiger partial charge on any atom is 0.237 e. The van der Waals surface area contributed by atoms with Crippen LogP contribution in [0.4, 0.5) is 0 Å². The number of carbonyl (C=O) groups is 1. The molecule has 1 amide bonds. The molecule has 2 fully saturated rings. The molecule has 3 rings (SSSR count). The van der Waals surface area contributed by atoms with Crippen LogP contribution in [0.3, 0.4) is 0 Å². The van der Waals surface area contributed by atoms with Crippen LogP contribution in [0.2, 0.25) is 0 Å². The summed E-state index contributed by atoms with van der Waals surface area (Å²) in [7, 11) is 0. The fourth-order valence-corrected chi connectivity index (χ4v) is 4.07. The van der Waals surface area contributed by atoms with Crippen LogP contribution in [0, 0.1) is 5.92 Å². The number of halogens is 1. The SMILES string of the molecule is O=C(NCC(O)COc1ccccc1Br)C1CC2CCCCC2N1. The Bertz CT molecular complexity index is 555. The summed E-state index contributed by atoms with van der Waals surface area (Å²) < 4.78 is 6.42. The normalized spacial score (nSPS) is 27.3. The number of carbonyl (C=O) groups excluding carboxylic acids is 1. The third kappa shape index (κ3) is 4.49. The molecular formula is C18H25BrN2O3. The Balaban J connectivity index is 1.39. The maximum absolute atomic E-state index is 12.3. The van der Waals surface area contributed by atoms with Gasteiger partial charge in [0, 0.05) is 12.6 Å². The van der Waals surface area contributed by atoms with Crippen LogP contribution in [0.15, 0.2) is 28.7 Å². The first-order chi connectivity index (χ1) is 11.6. The summed E-state index contributed by atoms with van der Waals surface area (Å²) in [5.74, 6) is 1.31. The van der Waals surface area contributed by atoms with Gasteiger partial charge in [-0.25, -0.2) is 0 Å². The minimum atomic E-state index is -0.732. The molecule has 1 aromatic carbocycles. The van der Waals surface area contributed by atoms with Crippen molar-refractivity contribution in [3.8, 4) is 5.75 Å². The van der Waals surface area contributed by atoms with Crippen LogP contribution in [-0.4, -0.2) is 42.4 Å². The van der Waals surface area contributed by atoms with E-state index in [1.807, 2.05) is 24.3 Å². The topological polar surface area (TPSA) is 70.6 Å². The zero-order valence-corrected chi connectivity index (χ0v) is 15.3. The maximum atomic E-state index is 12.3. The number of rotatable bonds is 6. The lowest BCUT2D eigenvalue weighted by Gasteiger charge is -2.24. The quantitative estimate of drug-likeness (QED) is 0.689. The average molecular weight is 397 g/mol. The fourth-order valence-electron chi connectivity index (χ4n) is 3.67. The molecule has 4 unspecified atom stereocenters. The molecule has 0 bridgehead atoms. The summed E-state index contributed by atoms with van der Waals surface area (Å²) >= 11 is 3.40. The predicted octanol–water partition coefficient (Wildman–Crippen LogP) is 2.23. The highest BCUT2D eigenvalue weighted by Gasteiger charge is 2.38. The van der Waals surface area contributed by atoms with E-state index < -0.39 is 6.10 Å². The second kappa shape index (κ2) is 8.32. The molecule has 4 atom stereocenters. The molecule has 6 heteroatoms. The van der Waals surface area contributed by atoms with E-state index in [0.29, 0.717) is 17.7 Å².